The molecule has 0 radical (unpaired) electrons. The summed E-state index contributed by atoms with van der Waals surface area (Å²) in [5, 5.41) is 3.44. The Labute approximate surface area is 137 Å². The molecular weight excluding hydrogens is 354 g/mol. The van der Waals surface area contributed by atoms with Gasteiger partial charge in [-0.3, -0.25) is 4.79 Å². The van der Waals surface area contributed by atoms with E-state index >= 15 is 0 Å². The molecular formula is C16H15BrClNO2. The number of ether oxygens (including phenoxy) is 1. The van der Waals surface area contributed by atoms with Crippen molar-refractivity contribution in [3.05, 3.63) is 57.5 Å². The molecule has 0 aliphatic rings. The summed E-state index contributed by atoms with van der Waals surface area (Å²) in [7, 11) is 0. The van der Waals surface area contributed by atoms with Gasteiger partial charge in [0.25, 0.3) is 5.91 Å². The van der Waals surface area contributed by atoms with E-state index in [1.54, 1.807) is 31.2 Å². The van der Waals surface area contributed by atoms with Crippen molar-refractivity contribution < 1.29 is 9.53 Å². The zero-order valence-electron chi connectivity index (χ0n) is 11.7. The first-order valence-corrected chi connectivity index (χ1v) is 7.62. The first-order chi connectivity index (χ1) is 9.97. The Balaban J connectivity index is 2.02. The fourth-order valence-electron chi connectivity index (χ4n) is 1.75. The van der Waals surface area contributed by atoms with Crippen molar-refractivity contribution in [1.82, 2.24) is 0 Å². The van der Waals surface area contributed by atoms with Crippen molar-refractivity contribution in [2.45, 2.75) is 20.0 Å². The summed E-state index contributed by atoms with van der Waals surface area (Å²) < 4.78 is 6.57. The molecule has 0 aliphatic carbocycles. The van der Waals surface area contributed by atoms with Gasteiger partial charge in [0, 0.05) is 15.2 Å². The van der Waals surface area contributed by atoms with Crippen LogP contribution in [0.1, 0.15) is 12.5 Å². The van der Waals surface area contributed by atoms with Crippen LogP contribution in [0.25, 0.3) is 0 Å². The van der Waals surface area contributed by atoms with E-state index in [9.17, 15) is 4.79 Å². The molecule has 5 heteroatoms. The normalized spacial score (nSPS) is 11.8. The topological polar surface area (TPSA) is 38.3 Å². The summed E-state index contributed by atoms with van der Waals surface area (Å²) >= 11 is 9.39. The lowest BCUT2D eigenvalue weighted by Gasteiger charge is -2.16. The van der Waals surface area contributed by atoms with Crippen LogP contribution in [0.3, 0.4) is 0 Å². The molecule has 0 spiro atoms. The molecule has 2 aromatic rings. The molecule has 0 saturated heterocycles. The van der Waals surface area contributed by atoms with Crippen LogP contribution in [-0.2, 0) is 4.79 Å². The Morgan fingerprint density at radius 3 is 2.57 bits per heavy atom. The maximum absolute atomic E-state index is 12.2. The minimum absolute atomic E-state index is 0.219. The molecule has 0 saturated carbocycles. The van der Waals surface area contributed by atoms with Crippen molar-refractivity contribution in [1.29, 1.82) is 0 Å². The average Bonchev–Trinajstić information content (AvgIpc) is 2.46. The third-order valence-electron chi connectivity index (χ3n) is 3.02. The van der Waals surface area contributed by atoms with Crippen molar-refractivity contribution in [3.8, 4) is 5.75 Å². The second-order valence-corrected chi connectivity index (χ2v) is 5.94. The molecule has 0 aromatic heterocycles. The highest BCUT2D eigenvalue weighted by atomic mass is 79.9. The highest BCUT2D eigenvalue weighted by Crippen LogP contribution is 2.23. The smallest absolute Gasteiger partial charge is 0.265 e. The summed E-state index contributed by atoms with van der Waals surface area (Å²) in [4.78, 5) is 12.2. The van der Waals surface area contributed by atoms with Gasteiger partial charge in [-0.15, -0.1) is 0 Å². The van der Waals surface area contributed by atoms with E-state index < -0.39 is 6.10 Å². The lowest BCUT2D eigenvalue weighted by atomic mass is 10.2. The van der Waals surface area contributed by atoms with Crippen LogP contribution in [0, 0.1) is 6.92 Å². The first kappa shape index (κ1) is 15.9. The van der Waals surface area contributed by atoms with E-state index in [4.69, 9.17) is 16.3 Å². The van der Waals surface area contributed by atoms with Crippen LogP contribution < -0.4 is 10.1 Å². The van der Waals surface area contributed by atoms with Crippen LogP contribution in [0.2, 0.25) is 5.02 Å². The van der Waals surface area contributed by atoms with Gasteiger partial charge < -0.3 is 10.1 Å². The molecule has 21 heavy (non-hydrogen) atoms. The second-order valence-electron chi connectivity index (χ2n) is 4.62. The van der Waals surface area contributed by atoms with Gasteiger partial charge in [-0.1, -0.05) is 33.6 Å². The highest BCUT2D eigenvalue weighted by molar-refractivity contribution is 9.10. The molecule has 0 fully saturated rings. The van der Waals surface area contributed by atoms with E-state index in [1.807, 2.05) is 25.1 Å². The molecule has 0 bridgehead atoms. The average molecular weight is 369 g/mol. The number of anilines is 1. The van der Waals surface area contributed by atoms with Crippen LogP contribution in [0.15, 0.2) is 46.9 Å². The van der Waals surface area contributed by atoms with Crippen LogP contribution in [0.4, 0.5) is 5.69 Å². The molecule has 1 N–H and O–H groups in total. The number of nitrogens with one attached hydrogen (secondary N) is 1. The van der Waals surface area contributed by atoms with Crippen molar-refractivity contribution in [2.24, 2.45) is 0 Å². The van der Waals surface area contributed by atoms with Crippen LogP contribution in [0.5, 0.6) is 5.75 Å². The maximum Gasteiger partial charge on any atom is 0.265 e. The molecule has 0 unspecified atom stereocenters. The van der Waals surface area contributed by atoms with Gasteiger partial charge in [0.1, 0.15) is 5.75 Å². The summed E-state index contributed by atoms with van der Waals surface area (Å²) in [6.45, 7) is 3.56. The van der Waals surface area contributed by atoms with Crippen molar-refractivity contribution in [3.63, 3.8) is 0 Å². The Kier molecular flexibility index (Phi) is 5.26. The van der Waals surface area contributed by atoms with E-state index in [0.29, 0.717) is 16.5 Å². The monoisotopic (exact) mass is 367 g/mol. The molecule has 3 nitrogen and oxygen atoms in total. The molecule has 110 valence electrons. The molecule has 2 aromatic carbocycles. The summed E-state index contributed by atoms with van der Waals surface area (Å²) in [6.07, 6.45) is -0.607. The molecule has 0 heterocycles. The lowest BCUT2D eigenvalue weighted by molar-refractivity contribution is -0.122. The van der Waals surface area contributed by atoms with Gasteiger partial charge in [-0.2, -0.15) is 0 Å². The van der Waals surface area contributed by atoms with Gasteiger partial charge in [0.15, 0.2) is 6.10 Å². The van der Waals surface area contributed by atoms with Gasteiger partial charge in [-0.25, -0.2) is 0 Å². The number of carbonyl (C=O) groups is 1. The number of amides is 1. The fraction of sp³-hybridized carbons (Fsp3) is 0.188. The number of hydrogen-bond donors (Lipinski definition) is 1. The number of hydrogen-bond acceptors (Lipinski definition) is 2. The third kappa shape index (κ3) is 4.22. The Hall–Kier alpha value is -1.52. The Morgan fingerprint density at radius 1 is 1.24 bits per heavy atom. The van der Waals surface area contributed by atoms with E-state index in [0.717, 1.165) is 10.0 Å². The summed E-state index contributed by atoms with van der Waals surface area (Å²) in [6, 6.07) is 12.7. The molecule has 0 aliphatic heterocycles. The molecule has 1 atom stereocenters. The number of carbonyl (C=O) groups excluding carboxylic acids is 1. The number of rotatable bonds is 4. The standard InChI is InChI=1S/C16H15BrClNO2/c1-10-14(18)4-3-5-15(10)19-16(20)11(2)21-13-8-6-12(17)7-9-13/h3-9,11H,1-2H3,(H,19,20)/t11-/m1/s1. The predicted molar refractivity (Wildman–Crippen MR) is 89.1 cm³/mol. The molecule has 1 amide bonds. The zero-order valence-corrected chi connectivity index (χ0v) is 14.0. The van der Waals surface area contributed by atoms with Crippen LogP contribution in [-0.4, -0.2) is 12.0 Å². The largest absolute Gasteiger partial charge is 0.481 e. The Bertz CT molecular complexity index is 643. The third-order valence-corrected chi connectivity index (χ3v) is 3.96. The van der Waals surface area contributed by atoms with Gasteiger partial charge in [0.05, 0.1) is 0 Å². The fourth-order valence-corrected chi connectivity index (χ4v) is 2.19. The Morgan fingerprint density at radius 2 is 1.90 bits per heavy atom. The highest BCUT2D eigenvalue weighted by Gasteiger charge is 2.16. The van der Waals surface area contributed by atoms with Crippen molar-refractivity contribution in [2.75, 3.05) is 5.32 Å². The first-order valence-electron chi connectivity index (χ1n) is 6.45. The van der Waals surface area contributed by atoms with Gasteiger partial charge in [0.2, 0.25) is 0 Å². The maximum atomic E-state index is 12.2. The SMILES string of the molecule is Cc1c(Cl)cccc1NC(=O)[C@@H](C)Oc1ccc(Br)cc1. The number of halogens is 2. The lowest BCUT2D eigenvalue weighted by Crippen LogP contribution is -2.30. The van der Waals surface area contributed by atoms with Crippen molar-refractivity contribution >= 4 is 39.1 Å². The molecule has 2 rings (SSSR count). The van der Waals surface area contributed by atoms with Crippen LogP contribution >= 0.6 is 27.5 Å². The quantitative estimate of drug-likeness (QED) is 0.840. The van der Waals surface area contributed by atoms with E-state index in [2.05, 4.69) is 21.2 Å². The minimum Gasteiger partial charge on any atom is -0.481 e. The van der Waals surface area contributed by atoms with E-state index in [-0.39, 0.29) is 5.91 Å². The summed E-state index contributed by atoms with van der Waals surface area (Å²) in [5.74, 6) is 0.423. The van der Waals surface area contributed by atoms with Gasteiger partial charge in [-0.05, 0) is 55.8 Å². The minimum atomic E-state index is -0.607. The number of benzene rings is 2. The predicted octanol–water partition coefficient (Wildman–Crippen LogP) is 4.82. The second kappa shape index (κ2) is 6.96. The summed E-state index contributed by atoms with van der Waals surface area (Å²) in [5.41, 5.74) is 1.53. The van der Waals surface area contributed by atoms with E-state index in [1.165, 1.54) is 0 Å². The zero-order chi connectivity index (χ0) is 15.4. The van der Waals surface area contributed by atoms with Gasteiger partial charge >= 0.3 is 0 Å².